The third-order valence-corrected chi connectivity index (χ3v) is 2.47. The van der Waals surface area contributed by atoms with Crippen molar-refractivity contribution in [2.24, 2.45) is 0 Å². The van der Waals surface area contributed by atoms with E-state index in [0.29, 0.717) is 0 Å². The molecule has 0 atom stereocenters. The molecule has 0 fully saturated rings. The lowest BCUT2D eigenvalue weighted by Gasteiger charge is -2.01. The molecule has 1 N–H and O–H groups in total. The largest absolute Gasteiger partial charge is 0.504 e. The maximum Gasteiger partial charge on any atom is 0.178 e. The van der Waals surface area contributed by atoms with E-state index in [4.69, 9.17) is 10.5 Å². The van der Waals surface area contributed by atoms with Gasteiger partial charge in [-0.05, 0) is 40.8 Å². The van der Waals surface area contributed by atoms with Gasteiger partial charge in [-0.2, -0.15) is 10.5 Å². The molecule has 0 bridgehead atoms. The molecular weight excluding hydrogens is 310 g/mol. The van der Waals surface area contributed by atoms with Crippen molar-refractivity contribution in [3.05, 3.63) is 32.7 Å². The van der Waals surface area contributed by atoms with Gasteiger partial charge >= 0.3 is 0 Å². The Labute approximate surface area is 99.2 Å². The maximum atomic E-state index is 13.2. The van der Waals surface area contributed by atoms with Gasteiger partial charge in [0.2, 0.25) is 0 Å². The van der Waals surface area contributed by atoms with Crippen molar-refractivity contribution in [3.63, 3.8) is 0 Å². The Morgan fingerprint density at radius 2 is 2.00 bits per heavy atom. The third-order valence-electron chi connectivity index (χ3n) is 1.64. The second kappa shape index (κ2) is 4.76. The van der Waals surface area contributed by atoms with Gasteiger partial charge in [0.15, 0.2) is 11.6 Å². The van der Waals surface area contributed by atoms with Crippen LogP contribution in [0.15, 0.2) is 17.7 Å². The molecule has 0 heterocycles. The number of hydrogen-bond donors (Lipinski definition) is 1. The highest BCUT2D eigenvalue weighted by Gasteiger charge is 2.09. The van der Waals surface area contributed by atoms with Gasteiger partial charge < -0.3 is 5.11 Å². The maximum absolute atomic E-state index is 13.2. The molecule has 1 rings (SSSR count). The summed E-state index contributed by atoms with van der Waals surface area (Å²) in [6, 6.07) is 6.14. The first-order valence-corrected chi connectivity index (χ1v) is 4.87. The van der Waals surface area contributed by atoms with Crippen LogP contribution in [0.2, 0.25) is 0 Å². The molecular formula is C10H4FIN2O. The van der Waals surface area contributed by atoms with Crippen LogP contribution < -0.4 is 0 Å². The summed E-state index contributed by atoms with van der Waals surface area (Å²) in [5, 5.41) is 26.3. The summed E-state index contributed by atoms with van der Waals surface area (Å²) in [7, 11) is 0. The number of hydrogen-bond acceptors (Lipinski definition) is 3. The fourth-order valence-electron chi connectivity index (χ4n) is 0.916. The van der Waals surface area contributed by atoms with Gasteiger partial charge in [0.05, 0.1) is 3.57 Å². The first-order valence-electron chi connectivity index (χ1n) is 3.79. The zero-order valence-electron chi connectivity index (χ0n) is 7.33. The molecule has 0 saturated heterocycles. The van der Waals surface area contributed by atoms with Crippen molar-refractivity contribution < 1.29 is 9.50 Å². The van der Waals surface area contributed by atoms with Crippen LogP contribution in [0.1, 0.15) is 5.56 Å². The number of nitrogens with zero attached hydrogens (tertiary/aromatic N) is 2. The van der Waals surface area contributed by atoms with Crippen LogP contribution in [-0.4, -0.2) is 5.11 Å². The average Bonchev–Trinajstić information content (AvgIpc) is 2.25. The summed E-state index contributed by atoms with van der Waals surface area (Å²) in [4.78, 5) is 0. The Bertz CT molecular complexity index is 495. The number of phenolic OH excluding ortho intramolecular Hbond substituents is 1. The summed E-state index contributed by atoms with van der Waals surface area (Å²) >= 11 is 1.73. The fraction of sp³-hybridized carbons (Fsp3) is 0. The number of nitriles is 2. The van der Waals surface area contributed by atoms with E-state index < -0.39 is 11.6 Å². The zero-order chi connectivity index (χ0) is 11.4. The van der Waals surface area contributed by atoms with E-state index in [1.165, 1.54) is 12.1 Å². The van der Waals surface area contributed by atoms with Gasteiger partial charge in [0, 0.05) is 5.56 Å². The first kappa shape index (κ1) is 11.5. The molecule has 0 spiro atoms. The average molecular weight is 314 g/mol. The van der Waals surface area contributed by atoms with Crippen LogP contribution in [0.5, 0.6) is 5.75 Å². The van der Waals surface area contributed by atoms with Gasteiger partial charge in [-0.25, -0.2) is 4.39 Å². The fourth-order valence-corrected chi connectivity index (χ4v) is 1.35. The second-order valence-corrected chi connectivity index (χ2v) is 3.74. The number of aromatic hydroxyl groups is 1. The molecule has 0 aliphatic carbocycles. The molecule has 1 aromatic carbocycles. The van der Waals surface area contributed by atoms with Crippen molar-refractivity contribution in [1.82, 2.24) is 0 Å². The van der Waals surface area contributed by atoms with E-state index in [2.05, 4.69) is 0 Å². The van der Waals surface area contributed by atoms with Crippen LogP contribution in [-0.2, 0) is 0 Å². The normalized spacial score (nSPS) is 8.80. The van der Waals surface area contributed by atoms with E-state index in [0.717, 1.165) is 6.08 Å². The number of benzene rings is 1. The summed E-state index contributed by atoms with van der Waals surface area (Å²) in [6.45, 7) is 0. The van der Waals surface area contributed by atoms with Gasteiger partial charge in [-0.1, -0.05) is 0 Å². The number of rotatable bonds is 1. The van der Waals surface area contributed by atoms with Crippen molar-refractivity contribution >= 4 is 28.7 Å². The molecule has 5 heteroatoms. The Balaban J connectivity index is 3.32. The number of allylic oxidation sites excluding steroid dienone is 1. The minimum absolute atomic E-state index is 0.117. The van der Waals surface area contributed by atoms with Crippen molar-refractivity contribution in [1.29, 1.82) is 10.5 Å². The predicted molar refractivity (Wildman–Crippen MR) is 60.0 cm³/mol. The van der Waals surface area contributed by atoms with E-state index >= 15 is 0 Å². The van der Waals surface area contributed by atoms with Gasteiger partial charge in [-0.15, -0.1) is 0 Å². The molecule has 0 aliphatic heterocycles. The van der Waals surface area contributed by atoms with Gasteiger partial charge in [0.25, 0.3) is 0 Å². The summed E-state index contributed by atoms with van der Waals surface area (Å²) < 4.78 is 13.5. The predicted octanol–water partition coefficient (Wildman–Crippen LogP) is 2.57. The lowest BCUT2D eigenvalue weighted by Crippen LogP contribution is -1.86. The standard InChI is InChI=1S/C10H4FIN2O/c11-9-8(12)2-1-7(10(9)15)3-6(4-13)5-14/h1-3,15H. The Morgan fingerprint density at radius 3 is 2.53 bits per heavy atom. The molecule has 0 amide bonds. The highest BCUT2D eigenvalue weighted by atomic mass is 127. The van der Waals surface area contributed by atoms with E-state index in [1.807, 2.05) is 0 Å². The highest BCUT2D eigenvalue weighted by molar-refractivity contribution is 14.1. The Morgan fingerprint density at radius 1 is 1.40 bits per heavy atom. The first-order chi connectivity index (χ1) is 7.10. The number of halogens is 2. The highest BCUT2D eigenvalue weighted by Crippen LogP contribution is 2.27. The van der Waals surface area contributed by atoms with E-state index in [9.17, 15) is 9.50 Å². The molecule has 0 aromatic heterocycles. The monoisotopic (exact) mass is 314 g/mol. The van der Waals surface area contributed by atoms with Gasteiger partial charge in [0.1, 0.15) is 17.7 Å². The zero-order valence-corrected chi connectivity index (χ0v) is 9.49. The number of phenols is 1. The third kappa shape index (κ3) is 2.45. The molecule has 0 radical (unpaired) electrons. The van der Waals surface area contributed by atoms with Crippen LogP contribution >= 0.6 is 22.6 Å². The Hall–Kier alpha value is -1.60. The summed E-state index contributed by atoms with van der Waals surface area (Å²) in [5.41, 5.74) is -0.0723. The van der Waals surface area contributed by atoms with Gasteiger partial charge in [-0.3, -0.25) is 0 Å². The lowest BCUT2D eigenvalue weighted by molar-refractivity contribution is 0.429. The smallest absolute Gasteiger partial charge is 0.178 e. The molecule has 74 valence electrons. The lowest BCUT2D eigenvalue weighted by atomic mass is 10.1. The summed E-state index contributed by atoms with van der Waals surface area (Å²) in [6.07, 6.45) is 1.13. The van der Waals surface area contributed by atoms with Crippen molar-refractivity contribution in [2.75, 3.05) is 0 Å². The molecule has 15 heavy (non-hydrogen) atoms. The molecule has 1 aromatic rings. The minimum atomic E-state index is -0.750. The van der Waals surface area contributed by atoms with Crippen LogP contribution in [0.25, 0.3) is 6.08 Å². The van der Waals surface area contributed by atoms with Crippen LogP contribution in [0, 0.1) is 32.0 Å². The quantitative estimate of drug-likeness (QED) is 0.640. The SMILES string of the molecule is N#CC(C#N)=Cc1ccc(I)c(F)c1O. The summed E-state index contributed by atoms with van der Waals surface area (Å²) in [5.74, 6) is -1.30. The van der Waals surface area contributed by atoms with E-state index in [1.54, 1.807) is 34.7 Å². The second-order valence-electron chi connectivity index (χ2n) is 2.58. The topological polar surface area (TPSA) is 67.8 Å². The molecule has 0 aliphatic rings. The molecule has 3 nitrogen and oxygen atoms in total. The van der Waals surface area contributed by atoms with Crippen LogP contribution in [0.4, 0.5) is 4.39 Å². The van der Waals surface area contributed by atoms with Crippen LogP contribution in [0.3, 0.4) is 0 Å². The Kier molecular flexibility index (Phi) is 3.64. The molecule has 0 unspecified atom stereocenters. The van der Waals surface area contributed by atoms with E-state index in [-0.39, 0.29) is 14.7 Å². The van der Waals surface area contributed by atoms with Crippen molar-refractivity contribution in [2.45, 2.75) is 0 Å². The molecule has 0 saturated carbocycles. The minimum Gasteiger partial charge on any atom is -0.504 e. The van der Waals surface area contributed by atoms with Crippen molar-refractivity contribution in [3.8, 4) is 17.9 Å².